The van der Waals surface area contributed by atoms with Crippen LogP contribution < -0.4 is 4.72 Å². The van der Waals surface area contributed by atoms with Gasteiger partial charge in [-0.1, -0.05) is 17.7 Å². The number of aryl methyl sites for hydroxylation is 1. The molecule has 0 amide bonds. The van der Waals surface area contributed by atoms with Crippen LogP contribution in [0.5, 0.6) is 0 Å². The largest absolute Gasteiger partial charge is 0.392 e. The standard InChI is InChI=1S/C11H17NO3S/c1-8-4-6-11(7-5-8)16(14,15)12-9(2)10(3)13/h4-7,9-10,12-13H,1-3H3/t9-,10+/m0/s1. The molecule has 0 unspecified atom stereocenters. The van der Waals surface area contributed by atoms with Gasteiger partial charge in [0.2, 0.25) is 10.0 Å². The summed E-state index contributed by atoms with van der Waals surface area (Å²) < 4.78 is 26.1. The van der Waals surface area contributed by atoms with Crippen LogP contribution in [0.4, 0.5) is 0 Å². The second kappa shape index (κ2) is 4.95. The topological polar surface area (TPSA) is 66.4 Å². The summed E-state index contributed by atoms with van der Waals surface area (Å²) in [6, 6.07) is 6.06. The molecule has 0 saturated heterocycles. The predicted molar refractivity (Wildman–Crippen MR) is 62.6 cm³/mol. The lowest BCUT2D eigenvalue weighted by molar-refractivity contribution is 0.163. The third kappa shape index (κ3) is 3.30. The van der Waals surface area contributed by atoms with Gasteiger partial charge in [0.25, 0.3) is 0 Å². The molecule has 0 aliphatic heterocycles. The number of aliphatic hydroxyl groups is 1. The van der Waals surface area contributed by atoms with Crippen molar-refractivity contribution in [2.75, 3.05) is 0 Å². The lowest BCUT2D eigenvalue weighted by Crippen LogP contribution is -2.39. The highest BCUT2D eigenvalue weighted by molar-refractivity contribution is 7.89. The number of aliphatic hydroxyl groups excluding tert-OH is 1. The average Bonchev–Trinajstić information content (AvgIpc) is 2.17. The molecule has 1 rings (SSSR count). The van der Waals surface area contributed by atoms with Crippen LogP contribution in [0.1, 0.15) is 19.4 Å². The summed E-state index contributed by atoms with van der Waals surface area (Å²) >= 11 is 0. The SMILES string of the molecule is Cc1ccc(S(=O)(=O)N[C@@H](C)[C@@H](C)O)cc1. The predicted octanol–water partition coefficient (Wildman–Crippen LogP) is 1.04. The molecule has 1 aromatic rings. The first-order chi connectivity index (χ1) is 7.33. The van der Waals surface area contributed by atoms with E-state index in [2.05, 4.69) is 4.72 Å². The fraction of sp³-hybridized carbons (Fsp3) is 0.455. The van der Waals surface area contributed by atoms with E-state index in [1.54, 1.807) is 38.1 Å². The summed E-state index contributed by atoms with van der Waals surface area (Å²) in [7, 11) is -3.53. The Bertz CT molecular complexity index is 437. The fourth-order valence-corrected chi connectivity index (χ4v) is 2.45. The van der Waals surface area contributed by atoms with E-state index in [1.165, 1.54) is 0 Å². The zero-order valence-electron chi connectivity index (χ0n) is 9.64. The average molecular weight is 243 g/mol. The summed E-state index contributed by atoms with van der Waals surface area (Å²) in [6.45, 7) is 5.06. The molecular formula is C11H17NO3S. The molecule has 0 saturated carbocycles. The maximum Gasteiger partial charge on any atom is 0.240 e. The Kier molecular flexibility index (Phi) is 4.07. The highest BCUT2D eigenvalue weighted by Gasteiger charge is 2.19. The second-order valence-corrected chi connectivity index (χ2v) is 5.68. The Morgan fingerprint density at radius 2 is 1.69 bits per heavy atom. The van der Waals surface area contributed by atoms with Gasteiger partial charge in [-0.05, 0) is 32.9 Å². The van der Waals surface area contributed by atoms with Gasteiger partial charge >= 0.3 is 0 Å². The zero-order valence-corrected chi connectivity index (χ0v) is 10.5. The Hall–Kier alpha value is -0.910. The molecule has 2 N–H and O–H groups in total. The minimum Gasteiger partial charge on any atom is -0.392 e. The van der Waals surface area contributed by atoms with Crippen molar-refractivity contribution in [3.8, 4) is 0 Å². The first-order valence-corrected chi connectivity index (χ1v) is 6.58. The van der Waals surface area contributed by atoms with Crippen LogP contribution in [0.2, 0.25) is 0 Å². The summed E-state index contributed by atoms with van der Waals surface area (Å²) in [5.74, 6) is 0. The first-order valence-electron chi connectivity index (χ1n) is 5.10. The van der Waals surface area contributed by atoms with E-state index < -0.39 is 22.2 Å². The van der Waals surface area contributed by atoms with E-state index in [1.807, 2.05) is 6.92 Å². The van der Waals surface area contributed by atoms with Crippen LogP contribution in [-0.4, -0.2) is 25.7 Å². The Morgan fingerprint density at radius 3 is 2.12 bits per heavy atom. The van der Waals surface area contributed by atoms with Crippen LogP contribution in [0.15, 0.2) is 29.2 Å². The summed E-state index contributed by atoms with van der Waals surface area (Å²) in [4.78, 5) is 0.214. The van der Waals surface area contributed by atoms with Crippen molar-refractivity contribution in [2.24, 2.45) is 0 Å². The third-order valence-corrected chi connectivity index (χ3v) is 3.97. The molecule has 0 heterocycles. The van der Waals surface area contributed by atoms with Crippen molar-refractivity contribution in [1.29, 1.82) is 0 Å². The Labute approximate surface area is 96.4 Å². The van der Waals surface area contributed by atoms with Gasteiger partial charge in [0.15, 0.2) is 0 Å². The molecule has 5 heteroatoms. The van der Waals surface area contributed by atoms with Crippen LogP contribution in [0.25, 0.3) is 0 Å². The third-order valence-electron chi connectivity index (χ3n) is 2.40. The molecule has 0 radical (unpaired) electrons. The highest BCUT2D eigenvalue weighted by Crippen LogP contribution is 2.10. The monoisotopic (exact) mass is 243 g/mol. The number of benzene rings is 1. The van der Waals surface area contributed by atoms with Crippen molar-refractivity contribution in [1.82, 2.24) is 4.72 Å². The number of sulfonamides is 1. The zero-order chi connectivity index (χ0) is 12.3. The van der Waals surface area contributed by atoms with Gasteiger partial charge in [-0.2, -0.15) is 0 Å². The molecule has 0 bridgehead atoms. The van der Waals surface area contributed by atoms with E-state index in [-0.39, 0.29) is 4.90 Å². The molecule has 0 aliphatic rings. The van der Waals surface area contributed by atoms with Crippen molar-refractivity contribution in [3.63, 3.8) is 0 Å². The van der Waals surface area contributed by atoms with E-state index in [0.717, 1.165) is 5.56 Å². The maximum absolute atomic E-state index is 11.8. The molecule has 16 heavy (non-hydrogen) atoms. The van der Waals surface area contributed by atoms with Crippen LogP contribution >= 0.6 is 0 Å². The van der Waals surface area contributed by atoms with Gasteiger partial charge in [0, 0.05) is 6.04 Å². The molecule has 4 nitrogen and oxygen atoms in total. The molecule has 0 aliphatic carbocycles. The lowest BCUT2D eigenvalue weighted by Gasteiger charge is -2.16. The number of rotatable bonds is 4. The Morgan fingerprint density at radius 1 is 1.19 bits per heavy atom. The van der Waals surface area contributed by atoms with Gasteiger partial charge in [-0.25, -0.2) is 13.1 Å². The molecule has 2 atom stereocenters. The summed E-state index contributed by atoms with van der Waals surface area (Å²) in [5, 5.41) is 9.25. The van der Waals surface area contributed by atoms with E-state index >= 15 is 0 Å². The van der Waals surface area contributed by atoms with E-state index in [4.69, 9.17) is 0 Å². The van der Waals surface area contributed by atoms with Crippen molar-refractivity contribution in [2.45, 2.75) is 37.8 Å². The van der Waals surface area contributed by atoms with Crippen molar-refractivity contribution < 1.29 is 13.5 Å². The minimum absolute atomic E-state index is 0.214. The number of hydrogen-bond acceptors (Lipinski definition) is 3. The normalized spacial score (nSPS) is 15.8. The Balaban J connectivity index is 2.90. The maximum atomic E-state index is 11.8. The lowest BCUT2D eigenvalue weighted by atomic mass is 10.2. The van der Waals surface area contributed by atoms with Crippen molar-refractivity contribution >= 4 is 10.0 Å². The molecule has 0 spiro atoms. The van der Waals surface area contributed by atoms with Gasteiger partial charge < -0.3 is 5.11 Å². The van der Waals surface area contributed by atoms with E-state index in [0.29, 0.717) is 0 Å². The smallest absolute Gasteiger partial charge is 0.240 e. The summed E-state index contributed by atoms with van der Waals surface area (Å²) in [6.07, 6.45) is -0.722. The van der Waals surface area contributed by atoms with Gasteiger partial charge in [-0.15, -0.1) is 0 Å². The molecular weight excluding hydrogens is 226 g/mol. The molecule has 0 fully saturated rings. The number of nitrogens with one attached hydrogen (secondary N) is 1. The van der Waals surface area contributed by atoms with Crippen LogP contribution in [0, 0.1) is 6.92 Å². The highest BCUT2D eigenvalue weighted by atomic mass is 32.2. The van der Waals surface area contributed by atoms with Gasteiger partial charge in [-0.3, -0.25) is 0 Å². The first kappa shape index (κ1) is 13.2. The van der Waals surface area contributed by atoms with Crippen molar-refractivity contribution in [3.05, 3.63) is 29.8 Å². The quantitative estimate of drug-likeness (QED) is 0.830. The van der Waals surface area contributed by atoms with Gasteiger partial charge in [0.1, 0.15) is 0 Å². The number of hydrogen-bond donors (Lipinski definition) is 2. The van der Waals surface area contributed by atoms with E-state index in [9.17, 15) is 13.5 Å². The van der Waals surface area contributed by atoms with Gasteiger partial charge in [0.05, 0.1) is 11.0 Å². The molecule has 90 valence electrons. The summed E-state index contributed by atoms with van der Waals surface area (Å²) in [5.41, 5.74) is 1.00. The fourth-order valence-electron chi connectivity index (χ4n) is 1.13. The molecule has 0 aromatic heterocycles. The second-order valence-electron chi connectivity index (χ2n) is 3.96. The molecule has 1 aromatic carbocycles. The minimum atomic E-state index is -3.53. The van der Waals surface area contributed by atoms with Crippen LogP contribution in [0.3, 0.4) is 0 Å². The van der Waals surface area contributed by atoms with Crippen LogP contribution in [-0.2, 0) is 10.0 Å².